The summed E-state index contributed by atoms with van der Waals surface area (Å²) in [5, 5.41) is 4.78. The van der Waals surface area contributed by atoms with Crippen molar-refractivity contribution in [2.24, 2.45) is 5.92 Å². The minimum atomic E-state index is -0.398. The number of nitrogens with zero attached hydrogens (tertiary/aromatic N) is 3. The molecule has 2 fully saturated rings. The number of pyridine rings is 1. The van der Waals surface area contributed by atoms with Crippen molar-refractivity contribution in [3.63, 3.8) is 0 Å². The second-order valence-corrected chi connectivity index (χ2v) is 10.3. The van der Waals surface area contributed by atoms with Gasteiger partial charge in [0.15, 0.2) is 0 Å². The lowest BCUT2D eigenvalue weighted by Gasteiger charge is -2.35. The Balaban J connectivity index is 0.000000180. The van der Waals surface area contributed by atoms with Crippen molar-refractivity contribution in [2.45, 2.75) is 77.4 Å². The van der Waals surface area contributed by atoms with E-state index in [0.29, 0.717) is 12.0 Å². The van der Waals surface area contributed by atoms with Crippen molar-refractivity contribution < 1.29 is 9.53 Å². The van der Waals surface area contributed by atoms with Gasteiger partial charge >= 0.3 is 6.09 Å². The van der Waals surface area contributed by atoms with E-state index >= 15 is 0 Å². The Hall–Kier alpha value is -2.61. The highest BCUT2D eigenvalue weighted by atomic mass is 16.6. The number of hydrogen-bond donors (Lipinski definition) is 3. The number of aromatic amines is 2. The summed E-state index contributed by atoms with van der Waals surface area (Å²) in [7, 11) is 0. The predicted octanol–water partition coefficient (Wildman–Crippen LogP) is 5.00. The largest absolute Gasteiger partial charge is 0.444 e. The Morgan fingerprint density at radius 1 is 1.15 bits per heavy atom. The van der Waals surface area contributed by atoms with Gasteiger partial charge in [-0.3, -0.25) is 0 Å². The smallest absolute Gasteiger partial charge is 0.410 e. The molecule has 2 aliphatic rings. The molecule has 1 atom stereocenters. The summed E-state index contributed by atoms with van der Waals surface area (Å²) in [6.45, 7) is 8.51. The van der Waals surface area contributed by atoms with Crippen LogP contribution in [0.15, 0.2) is 24.8 Å². The van der Waals surface area contributed by atoms with Crippen molar-refractivity contribution in [3.8, 4) is 0 Å². The highest BCUT2D eigenvalue weighted by Gasteiger charge is 2.28. The first-order valence-electron chi connectivity index (χ1n) is 12.4. The maximum absolute atomic E-state index is 12.1. The average Bonchev–Trinajstić information content (AvgIpc) is 3.47. The third-order valence-electron chi connectivity index (χ3n) is 6.44. The number of carbonyl (C=O) groups is 1. The molecule has 1 unspecified atom stereocenters. The van der Waals surface area contributed by atoms with E-state index in [-0.39, 0.29) is 6.09 Å². The second-order valence-electron chi connectivity index (χ2n) is 10.3. The van der Waals surface area contributed by atoms with Gasteiger partial charge in [0.1, 0.15) is 16.8 Å². The highest BCUT2D eigenvalue weighted by molar-refractivity contribution is 6.00. The van der Waals surface area contributed by atoms with Crippen LogP contribution in [0.4, 0.5) is 4.79 Å². The van der Waals surface area contributed by atoms with Crippen LogP contribution in [-0.4, -0.2) is 62.2 Å². The number of piperidine rings is 1. The zero-order valence-electron chi connectivity index (χ0n) is 20.2. The van der Waals surface area contributed by atoms with Gasteiger partial charge in [0.25, 0.3) is 0 Å². The molecule has 5 rings (SSSR count). The van der Waals surface area contributed by atoms with Crippen molar-refractivity contribution >= 4 is 28.2 Å². The molecule has 4 heterocycles. The van der Waals surface area contributed by atoms with Crippen molar-refractivity contribution in [2.75, 3.05) is 19.6 Å². The molecular weight excluding hydrogens is 416 g/mol. The molecule has 1 aliphatic carbocycles. The van der Waals surface area contributed by atoms with E-state index in [2.05, 4.69) is 25.3 Å². The maximum Gasteiger partial charge on any atom is 0.410 e. The molecule has 3 N–H and O–H groups in total. The van der Waals surface area contributed by atoms with Crippen LogP contribution in [0.5, 0.6) is 0 Å². The number of amides is 1. The number of aromatic nitrogens is 4. The Morgan fingerprint density at radius 2 is 1.97 bits per heavy atom. The van der Waals surface area contributed by atoms with Crippen LogP contribution in [0.1, 0.15) is 65.7 Å². The zero-order chi connectivity index (χ0) is 23.3. The van der Waals surface area contributed by atoms with Crippen molar-refractivity contribution in [1.29, 1.82) is 0 Å². The molecule has 180 valence electrons. The molecule has 3 aromatic rings. The van der Waals surface area contributed by atoms with Crippen molar-refractivity contribution in [1.82, 2.24) is 30.2 Å². The standard InChI is InChI=1S/C17H32N2O2.C8H6N4/c1-17(2,3)21-16(20)19-11-7-8-14(13-19)12-18-15-9-5-4-6-10-15;1-2-9-8-5(1)7-6(3-10-8)11-4-12-7/h14-15,18H,4-13H2,1-3H3;1-4H,(H,9,10)(H,11,12). The molecule has 1 amide bonds. The molecule has 8 heteroatoms. The molecule has 0 spiro atoms. The van der Waals surface area contributed by atoms with Gasteiger partial charge in [-0.15, -0.1) is 0 Å². The van der Waals surface area contributed by atoms with E-state index in [1.807, 2.05) is 37.9 Å². The van der Waals surface area contributed by atoms with Gasteiger partial charge < -0.3 is 24.9 Å². The maximum atomic E-state index is 12.1. The van der Waals surface area contributed by atoms with Crippen molar-refractivity contribution in [3.05, 3.63) is 24.8 Å². The minimum absolute atomic E-state index is 0.148. The number of rotatable bonds is 3. The SMILES string of the molecule is CC(C)(C)OC(=O)N1CCCC(CNC2CCCCC2)C1.c1nc2c(cnc3[nH]ccc32)[nH]1. The topological polar surface area (TPSA) is 98.9 Å². The molecule has 0 radical (unpaired) electrons. The Morgan fingerprint density at radius 3 is 2.76 bits per heavy atom. The lowest BCUT2D eigenvalue weighted by atomic mass is 9.93. The van der Waals surface area contributed by atoms with Gasteiger partial charge in [0, 0.05) is 30.7 Å². The van der Waals surface area contributed by atoms with Gasteiger partial charge in [-0.2, -0.15) is 0 Å². The number of hydrogen-bond acceptors (Lipinski definition) is 5. The summed E-state index contributed by atoms with van der Waals surface area (Å²) >= 11 is 0. The fourth-order valence-corrected chi connectivity index (χ4v) is 4.77. The Bertz CT molecular complexity index is 981. The number of ether oxygens (including phenoxy) is 1. The molecule has 1 saturated heterocycles. The van der Waals surface area contributed by atoms with Gasteiger partial charge in [-0.25, -0.2) is 14.8 Å². The number of carbonyl (C=O) groups excluding carboxylic acids is 1. The number of H-pyrrole nitrogens is 2. The van der Waals surface area contributed by atoms with Crippen LogP contribution in [-0.2, 0) is 4.74 Å². The fourth-order valence-electron chi connectivity index (χ4n) is 4.77. The van der Waals surface area contributed by atoms with Crippen LogP contribution in [0.3, 0.4) is 0 Å². The fraction of sp³-hybridized carbons (Fsp3) is 0.640. The molecular formula is C25H38N6O2. The number of imidazole rings is 1. The lowest BCUT2D eigenvalue weighted by Crippen LogP contribution is -2.46. The van der Waals surface area contributed by atoms with Crippen LogP contribution < -0.4 is 5.32 Å². The van der Waals surface area contributed by atoms with E-state index in [1.54, 1.807) is 12.5 Å². The monoisotopic (exact) mass is 454 g/mol. The van der Waals surface area contributed by atoms with Crippen LogP contribution >= 0.6 is 0 Å². The van der Waals surface area contributed by atoms with Crippen LogP contribution in [0.25, 0.3) is 22.1 Å². The number of nitrogens with one attached hydrogen (secondary N) is 3. The van der Waals surface area contributed by atoms with E-state index in [1.165, 1.54) is 38.5 Å². The first-order chi connectivity index (χ1) is 15.9. The zero-order valence-corrected chi connectivity index (χ0v) is 20.2. The second kappa shape index (κ2) is 10.5. The van der Waals surface area contributed by atoms with Gasteiger partial charge in [-0.05, 0) is 65.0 Å². The van der Waals surface area contributed by atoms with E-state index in [9.17, 15) is 4.79 Å². The Labute approximate surface area is 195 Å². The average molecular weight is 455 g/mol. The molecule has 1 saturated carbocycles. The van der Waals surface area contributed by atoms with Crippen LogP contribution in [0, 0.1) is 5.92 Å². The predicted molar refractivity (Wildman–Crippen MR) is 131 cm³/mol. The third kappa shape index (κ3) is 6.47. The molecule has 33 heavy (non-hydrogen) atoms. The summed E-state index contributed by atoms with van der Waals surface area (Å²) < 4.78 is 5.49. The summed E-state index contributed by atoms with van der Waals surface area (Å²) in [4.78, 5) is 28.5. The molecule has 1 aliphatic heterocycles. The summed E-state index contributed by atoms with van der Waals surface area (Å²) in [5.74, 6) is 0.577. The quantitative estimate of drug-likeness (QED) is 0.517. The van der Waals surface area contributed by atoms with Gasteiger partial charge in [0.2, 0.25) is 0 Å². The summed E-state index contributed by atoms with van der Waals surface area (Å²) in [5.41, 5.74) is 2.43. The van der Waals surface area contributed by atoms with E-state index in [4.69, 9.17) is 4.74 Å². The minimum Gasteiger partial charge on any atom is -0.444 e. The molecule has 3 aromatic heterocycles. The third-order valence-corrected chi connectivity index (χ3v) is 6.44. The van der Waals surface area contributed by atoms with E-state index < -0.39 is 5.60 Å². The molecule has 0 bridgehead atoms. The highest BCUT2D eigenvalue weighted by Crippen LogP contribution is 2.21. The van der Waals surface area contributed by atoms with E-state index in [0.717, 1.165) is 48.1 Å². The van der Waals surface area contributed by atoms with Gasteiger partial charge in [0.05, 0.1) is 18.0 Å². The van der Waals surface area contributed by atoms with Crippen LogP contribution in [0.2, 0.25) is 0 Å². The lowest BCUT2D eigenvalue weighted by molar-refractivity contribution is 0.0165. The normalized spacial score (nSPS) is 20.0. The summed E-state index contributed by atoms with van der Waals surface area (Å²) in [6.07, 6.45) is 14.3. The van der Waals surface area contributed by atoms with Gasteiger partial charge in [-0.1, -0.05) is 19.3 Å². The summed E-state index contributed by atoms with van der Waals surface area (Å²) in [6, 6.07) is 2.68. The first-order valence-corrected chi connectivity index (χ1v) is 12.4. The first kappa shape index (κ1) is 23.5. The molecule has 0 aromatic carbocycles. The Kier molecular flexibility index (Phi) is 7.53. The number of fused-ring (bicyclic) bond motifs is 3. The molecule has 8 nitrogen and oxygen atoms in total. The number of likely N-dealkylation sites (tertiary alicyclic amines) is 1.